The topological polar surface area (TPSA) is 31.2 Å². The van der Waals surface area contributed by atoms with Crippen molar-refractivity contribution in [2.75, 3.05) is 0 Å². The minimum atomic E-state index is -1.09. The van der Waals surface area contributed by atoms with E-state index in [9.17, 15) is 4.79 Å². The number of halogens is 2. The molecule has 1 unspecified atom stereocenters. The molecule has 0 fully saturated rings. The van der Waals surface area contributed by atoms with Gasteiger partial charge in [0.1, 0.15) is 5.75 Å². The van der Waals surface area contributed by atoms with Crippen molar-refractivity contribution in [2.24, 2.45) is 0 Å². The van der Waals surface area contributed by atoms with Gasteiger partial charge in [-0.1, -0.05) is 66.5 Å². The first-order valence-corrected chi connectivity index (χ1v) is 12.4. The molecule has 0 saturated carbocycles. The number of ketones is 1. The van der Waals surface area contributed by atoms with Crippen molar-refractivity contribution in [3.05, 3.63) is 112 Å². The van der Waals surface area contributed by atoms with Crippen molar-refractivity contribution in [3.8, 4) is 11.4 Å². The molecule has 1 aromatic heterocycles. The first-order valence-electron chi connectivity index (χ1n) is 10.7. The second kappa shape index (κ2) is 8.94. The zero-order valence-electron chi connectivity index (χ0n) is 17.9. The number of carbonyl (C=O) groups is 1. The number of nitrogens with zero attached hydrogens (tertiary/aromatic N) is 1. The maximum Gasteiger partial charge on any atom is 0.227 e. The number of rotatable bonds is 5. The SMILES string of the molecule is CCC1(c2ccc(CSc3ccc(Cl)c(Cl)c3)cc2)Oc2ccccc2-n2cccc2C1=O. The van der Waals surface area contributed by atoms with Crippen molar-refractivity contribution in [3.63, 3.8) is 0 Å². The van der Waals surface area contributed by atoms with E-state index in [2.05, 4.69) is 12.1 Å². The fourth-order valence-corrected chi connectivity index (χ4v) is 5.44. The Kier molecular flexibility index (Phi) is 6.00. The molecule has 0 bridgehead atoms. The van der Waals surface area contributed by atoms with Gasteiger partial charge in [0.2, 0.25) is 5.78 Å². The average Bonchev–Trinajstić information content (AvgIpc) is 3.30. The zero-order chi connectivity index (χ0) is 23.0. The van der Waals surface area contributed by atoms with Crippen molar-refractivity contribution in [2.45, 2.75) is 29.6 Å². The van der Waals surface area contributed by atoms with Crippen LogP contribution in [0.3, 0.4) is 0 Å². The Bertz CT molecular complexity index is 1330. The van der Waals surface area contributed by atoms with Gasteiger partial charge in [-0.3, -0.25) is 4.79 Å². The van der Waals surface area contributed by atoms with Crippen molar-refractivity contribution in [1.82, 2.24) is 4.57 Å². The van der Waals surface area contributed by atoms with Gasteiger partial charge in [-0.05, 0) is 54.4 Å². The Morgan fingerprint density at radius 1 is 0.939 bits per heavy atom. The Labute approximate surface area is 207 Å². The average molecular weight is 494 g/mol. The van der Waals surface area contributed by atoms with Gasteiger partial charge in [-0.25, -0.2) is 0 Å². The Balaban J connectivity index is 1.46. The van der Waals surface area contributed by atoms with Crippen LogP contribution in [0.2, 0.25) is 10.0 Å². The first kappa shape index (κ1) is 22.1. The smallest absolute Gasteiger partial charge is 0.227 e. The third-order valence-electron chi connectivity index (χ3n) is 5.97. The lowest BCUT2D eigenvalue weighted by Crippen LogP contribution is -2.41. The molecular weight excluding hydrogens is 473 g/mol. The summed E-state index contributed by atoms with van der Waals surface area (Å²) in [5.41, 5.74) is 2.41. The van der Waals surface area contributed by atoms with E-state index in [1.807, 2.05) is 84.4 Å². The largest absolute Gasteiger partial charge is 0.472 e. The second-order valence-electron chi connectivity index (χ2n) is 7.90. The number of hydrogen-bond acceptors (Lipinski definition) is 3. The highest BCUT2D eigenvalue weighted by atomic mass is 35.5. The number of para-hydroxylation sites is 2. The molecule has 6 heteroatoms. The van der Waals surface area contributed by atoms with Gasteiger partial charge < -0.3 is 9.30 Å². The molecule has 166 valence electrons. The van der Waals surface area contributed by atoms with E-state index in [-0.39, 0.29) is 5.78 Å². The molecule has 5 rings (SSSR count). The number of ether oxygens (including phenoxy) is 1. The number of thioether (sulfide) groups is 1. The van der Waals surface area contributed by atoms with E-state index in [4.69, 9.17) is 27.9 Å². The van der Waals surface area contributed by atoms with E-state index < -0.39 is 5.60 Å². The highest BCUT2D eigenvalue weighted by molar-refractivity contribution is 7.98. The molecule has 0 radical (unpaired) electrons. The molecular formula is C27H21Cl2NO2S. The van der Waals surface area contributed by atoms with Crippen LogP contribution in [0, 0.1) is 0 Å². The summed E-state index contributed by atoms with van der Waals surface area (Å²) in [5, 5.41) is 1.10. The molecule has 0 amide bonds. The number of fused-ring (bicyclic) bond motifs is 3. The van der Waals surface area contributed by atoms with Crippen LogP contribution >= 0.6 is 35.0 Å². The Morgan fingerprint density at radius 2 is 1.73 bits per heavy atom. The van der Waals surface area contributed by atoms with Crippen LogP contribution in [0.5, 0.6) is 5.75 Å². The summed E-state index contributed by atoms with van der Waals surface area (Å²) >= 11 is 13.8. The second-order valence-corrected chi connectivity index (χ2v) is 9.77. The van der Waals surface area contributed by atoms with Crippen LogP contribution < -0.4 is 4.74 Å². The monoisotopic (exact) mass is 493 g/mol. The van der Waals surface area contributed by atoms with E-state index >= 15 is 0 Å². The quantitative estimate of drug-likeness (QED) is 0.264. The summed E-state index contributed by atoms with van der Waals surface area (Å²) in [4.78, 5) is 14.9. The van der Waals surface area contributed by atoms with Gasteiger partial charge in [-0.15, -0.1) is 11.8 Å². The van der Waals surface area contributed by atoms with Gasteiger partial charge in [0, 0.05) is 22.4 Å². The lowest BCUT2D eigenvalue weighted by molar-refractivity contribution is 0.0424. The summed E-state index contributed by atoms with van der Waals surface area (Å²) in [7, 11) is 0. The van der Waals surface area contributed by atoms with E-state index in [0.29, 0.717) is 27.9 Å². The molecule has 2 heterocycles. The predicted molar refractivity (Wildman–Crippen MR) is 135 cm³/mol. The van der Waals surface area contributed by atoms with Crippen LogP contribution in [0.25, 0.3) is 5.69 Å². The zero-order valence-corrected chi connectivity index (χ0v) is 20.3. The summed E-state index contributed by atoms with van der Waals surface area (Å²) < 4.78 is 8.44. The van der Waals surface area contributed by atoms with Crippen molar-refractivity contribution >= 4 is 40.7 Å². The van der Waals surface area contributed by atoms with Gasteiger partial charge in [0.05, 0.1) is 21.4 Å². The van der Waals surface area contributed by atoms with Gasteiger partial charge in [0.15, 0.2) is 5.60 Å². The highest BCUT2D eigenvalue weighted by Gasteiger charge is 2.45. The predicted octanol–water partition coefficient (Wildman–Crippen LogP) is 7.96. The van der Waals surface area contributed by atoms with Gasteiger partial charge in [0.25, 0.3) is 0 Å². The summed E-state index contributed by atoms with van der Waals surface area (Å²) in [6, 6.07) is 25.3. The van der Waals surface area contributed by atoms with Gasteiger partial charge in [-0.2, -0.15) is 0 Å². The molecule has 0 spiro atoms. The fourth-order valence-electron chi connectivity index (χ4n) is 4.19. The van der Waals surface area contributed by atoms with Crippen LogP contribution in [-0.4, -0.2) is 10.4 Å². The molecule has 1 aliphatic heterocycles. The molecule has 4 aromatic rings. The number of Topliss-reactive ketones (excluding diaryl/α,β-unsaturated/α-hetero) is 1. The maximum absolute atomic E-state index is 13.8. The third-order valence-corrected chi connectivity index (χ3v) is 7.78. The molecule has 0 aliphatic carbocycles. The fraction of sp³-hybridized carbons (Fsp3) is 0.148. The molecule has 3 nitrogen and oxygen atoms in total. The molecule has 0 saturated heterocycles. The highest BCUT2D eigenvalue weighted by Crippen LogP contribution is 2.41. The molecule has 1 atom stereocenters. The van der Waals surface area contributed by atoms with E-state index in [1.165, 1.54) is 0 Å². The van der Waals surface area contributed by atoms with Crippen LogP contribution in [0.4, 0.5) is 0 Å². The Morgan fingerprint density at radius 3 is 2.48 bits per heavy atom. The van der Waals surface area contributed by atoms with Gasteiger partial charge >= 0.3 is 0 Å². The lowest BCUT2D eigenvalue weighted by Gasteiger charge is -2.31. The normalized spacial score (nSPS) is 17.1. The minimum absolute atomic E-state index is 0.0378. The van der Waals surface area contributed by atoms with E-state index in [0.717, 1.165) is 27.5 Å². The number of hydrogen-bond donors (Lipinski definition) is 0. The molecule has 33 heavy (non-hydrogen) atoms. The lowest BCUT2D eigenvalue weighted by atomic mass is 9.84. The Hall–Kier alpha value is -2.66. The summed E-state index contributed by atoms with van der Waals surface area (Å²) in [5.74, 6) is 1.43. The van der Waals surface area contributed by atoms with Crippen molar-refractivity contribution in [1.29, 1.82) is 0 Å². The molecule has 3 aromatic carbocycles. The number of aromatic nitrogens is 1. The van der Waals surface area contributed by atoms with Crippen molar-refractivity contribution < 1.29 is 9.53 Å². The summed E-state index contributed by atoms with van der Waals surface area (Å²) in [6.45, 7) is 1.99. The first-order chi connectivity index (χ1) is 16.0. The number of carbonyl (C=O) groups excluding carboxylic acids is 1. The minimum Gasteiger partial charge on any atom is -0.472 e. The molecule has 0 N–H and O–H groups in total. The maximum atomic E-state index is 13.8. The van der Waals surface area contributed by atoms with E-state index in [1.54, 1.807) is 11.8 Å². The third kappa shape index (κ3) is 3.97. The van der Waals surface area contributed by atoms with Crippen LogP contribution in [0.15, 0.2) is 90.0 Å². The number of benzene rings is 3. The van der Waals surface area contributed by atoms with Crippen LogP contribution in [0.1, 0.15) is 35.0 Å². The summed E-state index contributed by atoms with van der Waals surface area (Å²) in [6.07, 6.45) is 2.42. The van der Waals surface area contributed by atoms with Crippen LogP contribution in [-0.2, 0) is 11.4 Å². The standard InChI is InChI=1S/C27H21Cl2NO2S/c1-2-27(26(31)24-7-5-15-30(24)23-6-3-4-8-25(23)32-27)19-11-9-18(10-12-19)17-33-20-13-14-21(28)22(29)16-20/h3-16H,2,17H2,1H3. The molecule has 1 aliphatic rings.